The van der Waals surface area contributed by atoms with E-state index in [-0.39, 0.29) is 5.75 Å². The Morgan fingerprint density at radius 2 is 1.87 bits per heavy atom. The molecule has 0 atom stereocenters. The van der Waals surface area contributed by atoms with Crippen LogP contribution in [-0.4, -0.2) is 6.11 Å². The van der Waals surface area contributed by atoms with Crippen molar-refractivity contribution in [3.05, 3.63) is 30.1 Å². The second kappa shape index (κ2) is 4.74. The van der Waals surface area contributed by atoms with Gasteiger partial charge in [-0.25, -0.2) is 4.39 Å². The molecule has 0 saturated carbocycles. The molecule has 0 aliphatic carbocycles. The Morgan fingerprint density at radius 3 is 2.40 bits per heavy atom. The Kier molecular flexibility index (Phi) is 3.62. The van der Waals surface area contributed by atoms with Gasteiger partial charge in [0.2, 0.25) is 0 Å². The molecule has 1 nitrogen and oxygen atoms in total. The zero-order valence-electron chi connectivity index (χ0n) is 8.06. The van der Waals surface area contributed by atoms with Crippen molar-refractivity contribution in [1.82, 2.24) is 0 Å². The van der Waals surface area contributed by atoms with Crippen molar-refractivity contribution in [3.63, 3.8) is 0 Å². The van der Waals surface area contributed by atoms with E-state index < -0.39 is 18.3 Å². The average Bonchev–Trinajstić information content (AvgIpc) is 2.18. The molecule has 1 aromatic rings. The van der Waals surface area contributed by atoms with Gasteiger partial charge in [-0.3, -0.25) is 0 Å². The molecule has 0 bridgehead atoms. The number of rotatable bonds is 3. The van der Waals surface area contributed by atoms with Crippen LogP contribution in [0.1, 0.15) is 13.3 Å². The number of hydrogen-bond donors (Lipinski definition) is 0. The van der Waals surface area contributed by atoms with E-state index in [9.17, 15) is 13.2 Å². The third kappa shape index (κ3) is 3.94. The molecule has 1 aromatic carbocycles. The highest BCUT2D eigenvalue weighted by Gasteiger charge is 2.30. The molecule has 80 valence electrons. The van der Waals surface area contributed by atoms with Crippen LogP contribution in [0.2, 0.25) is 0 Å². The van der Waals surface area contributed by atoms with Gasteiger partial charge in [-0.15, -0.1) is 5.92 Å². The molecule has 0 fully saturated rings. The van der Waals surface area contributed by atoms with Gasteiger partial charge in [-0.2, -0.15) is 8.78 Å². The Balaban J connectivity index is 2.66. The lowest BCUT2D eigenvalue weighted by Gasteiger charge is -2.15. The standard InChI is InChI=1S/C11H9F3O/c1-2-3-8-11(13,14)15-10-6-4-9(12)5-7-10/h4-7H,8H2,1H3. The maximum atomic E-state index is 13.0. The summed E-state index contributed by atoms with van der Waals surface area (Å²) in [6.07, 6.45) is -4.03. The molecule has 15 heavy (non-hydrogen) atoms. The van der Waals surface area contributed by atoms with E-state index in [1.54, 1.807) is 0 Å². The third-order valence-electron chi connectivity index (χ3n) is 1.55. The topological polar surface area (TPSA) is 9.23 Å². The van der Waals surface area contributed by atoms with Gasteiger partial charge in [0.25, 0.3) is 0 Å². The lowest BCUT2D eigenvalue weighted by Crippen LogP contribution is -2.23. The van der Waals surface area contributed by atoms with Gasteiger partial charge in [0.15, 0.2) is 0 Å². The molecular formula is C11H9F3O. The van der Waals surface area contributed by atoms with Crippen LogP contribution in [0.5, 0.6) is 5.75 Å². The van der Waals surface area contributed by atoms with Crippen LogP contribution in [0.25, 0.3) is 0 Å². The second-order valence-corrected chi connectivity index (χ2v) is 2.80. The first kappa shape index (κ1) is 11.4. The van der Waals surface area contributed by atoms with Gasteiger partial charge in [0, 0.05) is 0 Å². The lowest BCUT2D eigenvalue weighted by atomic mass is 10.3. The van der Waals surface area contributed by atoms with Gasteiger partial charge >= 0.3 is 6.11 Å². The second-order valence-electron chi connectivity index (χ2n) is 2.80. The quantitative estimate of drug-likeness (QED) is 0.702. The monoisotopic (exact) mass is 214 g/mol. The zero-order chi connectivity index (χ0) is 11.3. The molecule has 1 rings (SSSR count). The number of benzene rings is 1. The van der Waals surface area contributed by atoms with E-state index in [0.717, 1.165) is 24.3 Å². The van der Waals surface area contributed by atoms with E-state index in [4.69, 9.17) is 0 Å². The van der Waals surface area contributed by atoms with Crippen molar-refractivity contribution in [3.8, 4) is 17.6 Å². The van der Waals surface area contributed by atoms with E-state index in [2.05, 4.69) is 16.6 Å². The SMILES string of the molecule is CC#CCC(F)(F)Oc1ccc(F)cc1. The summed E-state index contributed by atoms with van der Waals surface area (Å²) in [6, 6.07) is 4.39. The molecule has 0 N–H and O–H groups in total. The van der Waals surface area contributed by atoms with Crippen molar-refractivity contribution >= 4 is 0 Å². The summed E-state index contributed by atoms with van der Waals surface area (Å²) >= 11 is 0. The third-order valence-corrected chi connectivity index (χ3v) is 1.55. The Labute approximate surface area is 85.9 Å². The van der Waals surface area contributed by atoms with Crippen LogP contribution >= 0.6 is 0 Å². The van der Waals surface area contributed by atoms with Crippen LogP contribution in [-0.2, 0) is 0 Å². The van der Waals surface area contributed by atoms with Gasteiger partial charge in [0.1, 0.15) is 18.0 Å². The zero-order valence-corrected chi connectivity index (χ0v) is 8.06. The predicted octanol–water partition coefficient (Wildman–Crippen LogP) is 3.21. The summed E-state index contributed by atoms with van der Waals surface area (Å²) in [5.74, 6) is 3.98. The van der Waals surface area contributed by atoms with Crippen LogP contribution in [0.4, 0.5) is 13.2 Å². The molecular weight excluding hydrogens is 205 g/mol. The minimum atomic E-state index is -3.35. The highest BCUT2D eigenvalue weighted by molar-refractivity contribution is 5.22. The van der Waals surface area contributed by atoms with E-state index in [1.165, 1.54) is 6.92 Å². The molecule has 0 aliphatic heterocycles. The highest BCUT2D eigenvalue weighted by atomic mass is 19.3. The number of halogens is 3. The fourth-order valence-electron chi connectivity index (χ4n) is 0.902. The fourth-order valence-corrected chi connectivity index (χ4v) is 0.902. The lowest BCUT2D eigenvalue weighted by molar-refractivity contribution is -0.170. The van der Waals surface area contributed by atoms with Crippen molar-refractivity contribution in [1.29, 1.82) is 0 Å². The van der Waals surface area contributed by atoms with Gasteiger partial charge in [-0.1, -0.05) is 5.92 Å². The smallest absolute Gasteiger partial charge is 0.409 e. The summed E-state index contributed by atoms with van der Waals surface area (Å²) in [5, 5.41) is 0. The molecule has 0 heterocycles. The molecule has 0 aliphatic rings. The largest absolute Gasteiger partial charge is 0.432 e. The number of hydrogen-bond acceptors (Lipinski definition) is 1. The first-order valence-corrected chi connectivity index (χ1v) is 4.25. The van der Waals surface area contributed by atoms with Crippen LogP contribution in [0.3, 0.4) is 0 Å². The molecule has 0 saturated heterocycles. The van der Waals surface area contributed by atoms with Gasteiger partial charge in [0.05, 0.1) is 0 Å². The number of alkyl halides is 2. The van der Waals surface area contributed by atoms with Crippen LogP contribution in [0, 0.1) is 17.7 Å². The van der Waals surface area contributed by atoms with Gasteiger partial charge < -0.3 is 4.74 Å². The van der Waals surface area contributed by atoms with Crippen LogP contribution in [0.15, 0.2) is 24.3 Å². The first-order chi connectivity index (χ1) is 7.03. The summed E-state index contributed by atoms with van der Waals surface area (Å²) in [7, 11) is 0. The average molecular weight is 214 g/mol. The molecule has 0 spiro atoms. The summed E-state index contributed by atoms with van der Waals surface area (Å²) < 4.78 is 42.8. The maximum Gasteiger partial charge on any atom is 0.409 e. The van der Waals surface area contributed by atoms with Crippen molar-refractivity contribution in [2.75, 3.05) is 0 Å². The van der Waals surface area contributed by atoms with E-state index in [0.29, 0.717) is 0 Å². The maximum absolute atomic E-state index is 13.0. The normalized spacial score (nSPS) is 10.4. The molecule has 0 unspecified atom stereocenters. The van der Waals surface area contributed by atoms with Crippen LogP contribution < -0.4 is 4.74 Å². The Hall–Kier alpha value is -1.63. The summed E-state index contributed by atoms with van der Waals surface area (Å²) in [5.41, 5.74) is 0. The predicted molar refractivity (Wildman–Crippen MR) is 50.0 cm³/mol. The van der Waals surface area contributed by atoms with E-state index >= 15 is 0 Å². The number of ether oxygens (including phenoxy) is 1. The fraction of sp³-hybridized carbons (Fsp3) is 0.273. The van der Waals surface area contributed by atoms with Gasteiger partial charge in [-0.05, 0) is 31.2 Å². The summed E-state index contributed by atoms with van der Waals surface area (Å²) in [4.78, 5) is 0. The van der Waals surface area contributed by atoms with Crippen molar-refractivity contribution in [2.24, 2.45) is 0 Å². The first-order valence-electron chi connectivity index (χ1n) is 4.25. The van der Waals surface area contributed by atoms with Crippen molar-refractivity contribution < 1.29 is 17.9 Å². The van der Waals surface area contributed by atoms with E-state index in [1.807, 2.05) is 0 Å². The minimum absolute atomic E-state index is 0.0840. The molecule has 0 aromatic heterocycles. The Morgan fingerprint density at radius 1 is 1.27 bits per heavy atom. The van der Waals surface area contributed by atoms with Crippen molar-refractivity contribution in [2.45, 2.75) is 19.5 Å². The Bertz CT molecular complexity index is 373. The highest BCUT2D eigenvalue weighted by Crippen LogP contribution is 2.24. The minimum Gasteiger partial charge on any atom is -0.432 e. The molecule has 4 heteroatoms. The molecule has 0 amide bonds. The summed E-state index contributed by atoms with van der Waals surface area (Å²) in [6.45, 7) is 1.47. The molecule has 0 radical (unpaired) electrons.